The summed E-state index contributed by atoms with van der Waals surface area (Å²) in [5, 5.41) is 3.33. The summed E-state index contributed by atoms with van der Waals surface area (Å²) in [7, 11) is 0. The third-order valence-corrected chi connectivity index (χ3v) is 4.72. The standard InChI is InChI=1S/C20H26N4O/c1-14-7-6-10-24(13-14)20(25)18-11-19(23-16(3)22-18)21-12-17-9-5-4-8-15(17)2/h4-5,8-9,11,14H,6-7,10,12-13H2,1-3H3,(H,21,22,23). The molecule has 1 fully saturated rings. The lowest BCUT2D eigenvalue weighted by Gasteiger charge is -2.30. The van der Waals surface area contributed by atoms with Gasteiger partial charge in [0.1, 0.15) is 17.3 Å². The Balaban J connectivity index is 1.74. The molecule has 132 valence electrons. The molecule has 0 spiro atoms. The first kappa shape index (κ1) is 17.4. The maximum atomic E-state index is 12.8. The Kier molecular flexibility index (Phi) is 5.31. The molecule has 1 aliphatic rings. The molecule has 1 aromatic carbocycles. The lowest BCUT2D eigenvalue weighted by atomic mass is 10.00. The minimum Gasteiger partial charge on any atom is -0.366 e. The molecule has 5 nitrogen and oxygen atoms in total. The van der Waals surface area contributed by atoms with Crippen LogP contribution in [0.5, 0.6) is 0 Å². The number of hydrogen-bond donors (Lipinski definition) is 1. The average molecular weight is 338 g/mol. The number of aryl methyl sites for hydroxylation is 2. The molecule has 1 N–H and O–H groups in total. The molecular formula is C20H26N4O. The molecule has 0 bridgehead atoms. The van der Waals surface area contributed by atoms with Crippen molar-refractivity contribution in [3.63, 3.8) is 0 Å². The van der Waals surface area contributed by atoms with Crippen LogP contribution >= 0.6 is 0 Å². The number of amides is 1. The Morgan fingerprint density at radius 3 is 2.84 bits per heavy atom. The number of carbonyl (C=O) groups is 1. The second kappa shape index (κ2) is 7.64. The molecule has 5 heteroatoms. The maximum Gasteiger partial charge on any atom is 0.272 e. The van der Waals surface area contributed by atoms with Gasteiger partial charge in [0.05, 0.1) is 0 Å². The van der Waals surface area contributed by atoms with Crippen molar-refractivity contribution in [3.8, 4) is 0 Å². The first-order valence-electron chi connectivity index (χ1n) is 8.96. The van der Waals surface area contributed by atoms with Crippen LogP contribution in [0.1, 0.15) is 47.2 Å². The van der Waals surface area contributed by atoms with Gasteiger partial charge in [-0.25, -0.2) is 9.97 Å². The van der Waals surface area contributed by atoms with Gasteiger partial charge in [0.25, 0.3) is 5.91 Å². The van der Waals surface area contributed by atoms with Gasteiger partial charge < -0.3 is 10.2 Å². The summed E-state index contributed by atoms with van der Waals surface area (Å²) in [6.45, 7) is 8.42. The Labute approximate surface area is 149 Å². The van der Waals surface area contributed by atoms with Crippen LogP contribution in [0.2, 0.25) is 0 Å². The van der Waals surface area contributed by atoms with Crippen molar-refractivity contribution in [2.24, 2.45) is 5.92 Å². The van der Waals surface area contributed by atoms with Gasteiger partial charge in [-0.05, 0) is 43.7 Å². The highest BCUT2D eigenvalue weighted by Crippen LogP contribution is 2.18. The molecule has 1 atom stereocenters. The normalized spacial score (nSPS) is 17.4. The molecule has 1 aliphatic heterocycles. The van der Waals surface area contributed by atoms with Gasteiger partial charge in [0, 0.05) is 25.7 Å². The van der Waals surface area contributed by atoms with Crippen LogP contribution in [0.3, 0.4) is 0 Å². The van der Waals surface area contributed by atoms with Crippen molar-refractivity contribution in [2.75, 3.05) is 18.4 Å². The van der Waals surface area contributed by atoms with Gasteiger partial charge >= 0.3 is 0 Å². The van der Waals surface area contributed by atoms with Crippen molar-refractivity contribution < 1.29 is 4.79 Å². The number of nitrogens with zero attached hydrogens (tertiary/aromatic N) is 3. The number of nitrogens with one attached hydrogen (secondary N) is 1. The summed E-state index contributed by atoms with van der Waals surface area (Å²) >= 11 is 0. The molecule has 0 aliphatic carbocycles. The van der Waals surface area contributed by atoms with Gasteiger partial charge in [-0.3, -0.25) is 4.79 Å². The number of carbonyl (C=O) groups excluding carboxylic acids is 1. The zero-order valence-electron chi connectivity index (χ0n) is 15.2. The lowest BCUT2D eigenvalue weighted by molar-refractivity contribution is 0.0676. The fourth-order valence-electron chi connectivity index (χ4n) is 3.30. The summed E-state index contributed by atoms with van der Waals surface area (Å²) in [5.41, 5.74) is 2.93. The average Bonchev–Trinajstić information content (AvgIpc) is 2.60. The molecule has 0 radical (unpaired) electrons. The van der Waals surface area contributed by atoms with Gasteiger partial charge in [-0.15, -0.1) is 0 Å². The van der Waals surface area contributed by atoms with E-state index >= 15 is 0 Å². The van der Waals surface area contributed by atoms with Gasteiger partial charge in [-0.2, -0.15) is 0 Å². The van der Waals surface area contributed by atoms with E-state index in [0.717, 1.165) is 19.5 Å². The first-order chi connectivity index (χ1) is 12.0. The van der Waals surface area contributed by atoms with Crippen molar-refractivity contribution >= 4 is 11.7 Å². The number of anilines is 1. The van der Waals surface area contributed by atoms with Crippen LogP contribution in [0, 0.1) is 19.8 Å². The second-order valence-electron chi connectivity index (χ2n) is 6.96. The van der Waals surface area contributed by atoms with Crippen LogP contribution in [0.25, 0.3) is 0 Å². The number of piperidine rings is 1. The van der Waals surface area contributed by atoms with E-state index in [1.165, 1.54) is 17.5 Å². The third kappa shape index (κ3) is 4.35. The van der Waals surface area contributed by atoms with Crippen LogP contribution in [0.15, 0.2) is 30.3 Å². The first-order valence-corrected chi connectivity index (χ1v) is 8.96. The highest BCUT2D eigenvalue weighted by Gasteiger charge is 2.23. The molecule has 1 amide bonds. The fraction of sp³-hybridized carbons (Fsp3) is 0.450. The molecule has 1 aromatic heterocycles. The summed E-state index contributed by atoms with van der Waals surface area (Å²) in [5.74, 6) is 1.88. The van der Waals surface area contributed by atoms with Crippen LogP contribution in [-0.2, 0) is 6.54 Å². The van der Waals surface area contributed by atoms with Crippen molar-refractivity contribution in [3.05, 3.63) is 53.0 Å². The molecule has 2 heterocycles. The molecule has 1 saturated heterocycles. The number of hydrogen-bond acceptors (Lipinski definition) is 4. The topological polar surface area (TPSA) is 58.1 Å². The Morgan fingerprint density at radius 2 is 2.08 bits per heavy atom. The van der Waals surface area contributed by atoms with E-state index in [-0.39, 0.29) is 5.91 Å². The molecule has 1 unspecified atom stereocenters. The van der Waals surface area contributed by atoms with E-state index in [1.54, 1.807) is 6.07 Å². The molecule has 0 saturated carbocycles. The maximum absolute atomic E-state index is 12.8. The SMILES string of the molecule is Cc1nc(NCc2ccccc2C)cc(C(=O)N2CCCC(C)C2)n1. The van der Waals surface area contributed by atoms with Gasteiger partial charge in [-0.1, -0.05) is 31.2 Å². The summed E-state index contributed by atoms with van der Waals surface area (Å²) in [6, 6.07) is 10.0. The summed E-state index contributed by atoms with van der Waals surface area (Å²) in [6.07, 6.45) is 2.26. The largest absolute Gasteiger partial charge is 0.366 e. The Morgan fingerprint density at radius 1 is 1.28 bits per heavy atom. The molecular weight excluding hydrogens is 312 g/mol. The zero-order valence-corrected chi connectivity index (χ0v) is 15.2. The van der Waals surface area contributed by atoms with E-state index < -0.39 is 0 Å². The fourth-order valence-corrected chi connectivity index (χ4v) is 3.30. The van der Waals surface area contributed by atoms with Crippen molar-refractivity contribution in [1.29, 1.82) is 0 Å². The van der Waals surface area contributed by atoms with E-state index in [4.69, 9.17) is 0 Å². The number of rotatable bonds is 4. The summed E-state index contributed by atoms with van der Waals surface area (Å²) < 4.78 is 0. The predicted octanol–water partition coefficient (Wildman–Crippen LogP) is 3.58. The Bertz CT molecular complexity index is 759. The van der Waals surface area contributed by atoms with E-state index in [2.05, 4.69) is 41.3 Å². The van der Waals surface area contributed by atoms with Crippen molar-refractivity contribution in [1.82, 2.24) is 14.9 Å². The highest BCUT2D eigenvalue weighted by atomic mass is 16.2. The minimum absolute atomic E-state index is 0.0102. The quantitative estimate of drug-likeness (QED) is 0.926. The van der Waals surface area contributed by atoms with E-state index in [9.17, 15) is 4.79 Å². The molecule has 2 aromatic rings. The van der Waals surface area contributed by atoms with E-state index in [0.29, 0.717) is 29.8 Å². The second-order valence-corrected chi connectivity index (χ2v) is 6.96. The third-order valence-electron chi connectivity index (χ3n) is 4.72. The molecule has 25 heavy (non-hydrogen) atoms. The highest BCUT2D eigenvalue weighted by molar-refractivity contribution is 5.93. The van der Waals surface area contributed by atoms with Gasteiger partial charge in [0.15, 0.2) is 0 Å². The lowest BCUT2D eigenvalue weighted by Crippen LogP contribution is -2.39. The van der Waals surface area contributed by atoms with Crippen LogP contribution in [0.4, 0.5) is 5.82 Å². The van der Waals surface area contributed by atoms with Crippen LogP contribution in [-0.4, -0.2) is 33.9 Å². The Hall–Kier alpha value is -2.43. The molecule has 3 rings (SSSR count). The number of benzene rings is 1. The smallest absolute Gasteiger partial charge is 0.272 e. The number of likely N-dealkylation sites (tertiary alicyclic amines) is 1. The number of aromatic nitrogens is 2. The minimum atomic E-state index is 0.0102. The van der Waals surface area contributed by atoms with Crippen molar-refractivity contribution in [2.45, 2.75) is 40.2 Å². The predicted molar refractivity (Wildman–Crippen MR) is 99.6 cm³/mol. The van der Waals surface area contributed by atoms with Gasteiger partial charge in [0.2, 0.25) is 0 Å². The monoisotopic (exact) mass is 338 g/mol. The van der Waals surface area contributed by atoms with E-state index in [1.807, 2.05) is 24.0 Å². The van der Waals surface area contributed by atoms with Crippen LogP contribution < -0.4 is 5.32 Å². The zero-order chi connectivity index (χ0) is 17.8. The summed E-state index contributed by atoms with van der Waals surface area (Å²) in [4.78, 5) is 23.5.